The first-order valence-corrected chi connectivity index (χ1v) is 11.1. The van der Waals surface area contributed by atoms with Crippen LogP contribution in [0.3, 0.4) is 0 Å². The van der Waals surface area contributed by atoms with Crippen LogP contribution in [0.15, 0.2) is 91.1 Å². The molecular formula is C27H21ClN4O2. The normalized spacial score (nSPS) is 10.9. The number of nitrogens with zero attached hydrogens (tertiary/aromatic N) is 3. The number of nitrogens with one attached hydrogen (secondary N) is 1. The Kier molecular flexibility index (Phi) is 5.97. The van der Waals surface area contributed by atoms with Crippen molar-refractivity contribution in [3.05, 3.63) is 113 Å². The molecular weight excluding hydrogens is 448 g/mol. The van der Waals surface area contributed by atoms with Crippen molar-refractivity contribution < 1.29 is 9.53 Å². The Morgan fingerprint density at radius 2 is 1.74 bits per heavy atom. The first-order chi connectivity index (χ1) is 16.6. The summed E-state index contributed by atoms with van der Waals surface area (Å²) in [7, 11) is 0. The quantitative estimate of drug-likeness (QED) is 0.321. The van der Waals surface area contributed by atoms with Crippen LogP contribution >= 0.6 is 11.6 Å². The monoisotopic (exact) mass is 468 g/mol. The van der Waals surface area contributed by atoms with Crippen LogP contribution in [0, 0.1) is 6.92 Å². The van der Waals surface area contributed by atoms with Gasteiger partial charge in [-0.15, -0.1) is 0 Å². The number of aromatic nitrogens is 3. The zero-order valence-corrected chi connectivity index (χ0v) is 19.2. The lowest BCUT2D eigenvalue weighted by atomic mass is 10.2. The molecule has 0 aliphatic rings. The fourth-order valence-electron chi connectivity index (χ4n) is 3.62. The average Bonchev–Trinajstić information content (AvgIpc) is 3.25. The zero-order valence-electron chi connectivity index (χ0n) is 18.4. The molecule has 3 aromatic carbocycles. The molecule has 0 spiro atoms. The van der Waals surface area contributed by atoms with E-state index in [9.17, 15) is 4.79 Å². The number of anilines is 1. The van der Waals surface area contributed by atoms with Crippen LogP contribution in [0.1, 0.15) is 21.6 Å². The summed E-state index contributed by atoms with van der Waals surface area (Å²) < 4.78 is 7.48. The van der Waals surface area contributed by atoms with E-state index in [1.165, 1.54) is 0 Å². The molecule has 5 aromatic rings. The second-order valence-corrected chi connectivity index (χ2v) is 8.25. The van der Waals surface area contributed by atoms with Crippen LogP contribution in [0.5, 0.6) is 5.75 Å². The molecule has 1 N–H and O–H groups in total. The van der Waals surface area contributed by atoms with E-state index in [4.69, 9.17) is 16.3 Å². The number of carbonyl (C=O) groups excluding carboxylic acids is 1. The van der Waals surface area contributed by atoms with Crippen molar-refractivity contribution in [1.82, 2.24) is 14.8 Å². The number of ether oxygens (including phenoxy) is 1. The van der Waals surface area contributed by atoms with E-state index in [1.807, 2.05) is 79.7 Å². The number of amides is 1. The Labute approximate surface area is 201 Å². The summed E-state index contributed by atoms with van der Waals surface area (Å²) in [6.07, 6.45) is 1.56. The van der Waals surface area contributed by atoms with Crippen LogP contribution in [0.4, 0.5) is 5.69 Å². The Bertz CT molecular complexity index is 1460. The molecule has 34 heavy (non-hydrogen) atoms. The fraction of sp³-hybridized carbons (Fsp3) is 0.0741. The van der Waals surface area contributed by atoms with Gasteiger partial charge in [-0.05, 0) is 67.1 Å². The van der Waals surface area contributed by atoms with Crippen LogP contribution in [0.25, 0.3) is 16.7 Å². The van der Waals surface area contributed by atoms with E-state index < -0.39 is 0 Å². The van der Waals surface area contributed by atoms with Crippen molar-refractivity contribution in [1.29, 1.82) is 0 Å². The summed E-state index contributed by atoms with van der Waals surface area (Å²) >= 11 is 5.91. The Hall–Kier alpha value is -4.16. The van der Waals surface area contributed by atoms with Gasteiger partial charge < -0.3 is 10.1 Å². The van der Waals surface area contributed by atoms with Gasteiger partial charge in [0, 0.05) is 16.1 Å². The molecule has 1 amide bonds. The van der Waals surface area contributed by atoms with Gasteiger partial charge in [0.25, 0.3) is 5.91 Å². The maximum atomic E-state index is 12.9. The van der Waals surface area contributed by atoms with Crippen LogP contribution < -0.4 is 10.1 Å². The maximum Gasteiger partial charge on any atom is 0.259 e. The lowest BCUT2D eigenvalue weighted by Crippen LogP contribution is -2.13. The number of benzene rings is 3. The number of rotatable bonds is 6. The summed E-state index contributed by atoms with van der Waals surface area (Å²) in [5.74, 6) is 1.14. The summed E-state index contributed by atoms with van der Waals surface area (Å²) in [6, 6.07) is 26.5. The lowest BCUT2D eigenvalue weighted by Gasteiger charge is -2.09. The maximum absolute atomic E-state index is 12.9. The largest absolute Gasteiger partial charge is 0.489 e. The average molecular weight is 469 g/mol. The first kappa shape index (κ1) is 21.7. The highest BCUT2D eigenvalue weighted by Crippen LogP contribution is 2.21. The van der Waals surface area contributed by atoms with Gasteiger partial charge in [-0.1, -0.05) is 41.9 Å². The van der Waals surface area contributed by atoms with Crippen molar-refractivity contribution in [3.63, 3.8) is 0 Å². The van der Waals surface area contributed by atoms with Crippen molar-refractivity contribution >= 4 is 34.1 Å². The van der Waals surface area contributed by atoms with E-state index in [-0.39, 0.29) is 5.91 Å². The van der Waals surface area contributed by atoms with Gasteiger partial charge in [-0.25, -0.2) is 9.67 Å². The van der Waals surface area contributed by atoms with Gasteiger partial charge in [-0.2, -0.15) is 5.10 Å². The molecule has 7 heteroatoms. The van der Waals surface area contributed by atoms with Crippen molar-refractivity contribution in [2.45, 2.75) is 13.5 Å². The highest BCUT2D eigenvalue weighted by Gasteiger charge is 2.16. The molecule has 0 aliphatic carbocycles. The standard InChI is InChI=1S/C27H21ClN4O2/c1-18-24(16-29-32(18)26-15-8-20-4-2-3-5-25(20)31-26)27(33)30-22-11-13-23(14-12-22)34-17-19-6-9-21(28)10-7-19/h2-16H,17H2,1H3,(H,30,33). The van der Waals surface area contributed by atoms with E-state index in [2.05, 4.69) is 15.4 Å². The molecule has 0 atom stereocenters. The van der Waals surface area contributed by atoms with Gasteiger partial charge in [0.2, 0.25) is 0 Å². The number of para-hydroxylation sites is 1. The van der Waals surface area contributed by atoms with E-state index in [0.29, 0.717) is 40.1 Å². The Morgan fingerprint density at radius 1 is 0.971 bits per heavy atom. The molecule has 168 valence electrons. The third kappa shape index (κ3) is 4.63. The van der Waals surface area contributed by atoms with Gasteiger partial charge in [-0.3, -0.25) is 4.79 Å². The number of pyridine rings is 1. The van der Waals surface area contributed by atoms with Gasteiger partial charge in [0.15, 0.2) is 5.82 Å². The molecule has 0 unspecified atom stereocenters. The molecule has 0 radical (unpaired) electrons. The molecule has 0 fully saturated rings. The SMILES string of the molecule is Cc1c(C(=O)Nc2ccc(OCc3ccc(Cl)cc3)cc2)cnn1-c1ccc2ccccc2n1. The smallest absolute Gasteiger partial charge is 0.259 e. The Morgan fingerprint density at radius 3 is 2.53 bits per heavy atom. The first-order valence-electron chi connectivity index (χ1n) is 10.8. The minimum absolute atomic E-state index is 0.237. The summed E-state index contributed by atoms with van der Waals surface area (Å²) in [5.41, 5.74) is 3.76. The van der Waals surface area contributed by atoms with Crippen LogP contribution in [0.2, 0.25) is 5.02 Å². The van der Waals surface area contributed by atoms with Crippen LogP contribution in [-0.4, -0.2) is 20.7 Å². The van der Waals surface area contributed by atoms with Gasteiger partial charge in [0.05, 0.1) is 23.0 Å². The predicted octanol–water partition coefficient (Wildman–Crippen LogP) is 6.21. The summed E-state index contributed by atoms with van der Waals surface area (Å²) in [6.45, 7) is 2.29. The third-order valence-corrected chi connectivity index (χ3v) is 5.74. The summed E-state index contributed by atoms with van der Waals surface area (Å²) in [4.78, 5) is 17.6. The van der Waals surface area contributed by atoms with E-state index >= 15 is 0 Å². The van der Waals surface area contributed by atoms with Crippen molar-refractivity contribution in [3.8, 4) is 11.6 Å². The number of hydrogen-bond donors (Lipinski definition) is 1. The minimum atomic E-state index is -0.237. The van der Waals surface area contributed by atoms with Crippen LogP contribution in [-0.2, 0) is 6.61 Å². The minimum Gasteiger partial charge on any atom is -0.489 e. The Balaban J connectivity index is 1.26. The van der Waals surface area contributed by atoms with E-state index in [1.54, 1.807) is 23.0 Å². The number of carbonyl (C=O) groups is 1. The molecule has 6 nitrogen and oxygen atoms in total. The van der Waals surface area contributed by atoms with E-state index in [0.717, 1.165) is 16.5 Å². The second kappa shape index (κ2) is 9.37. The molecule has 5 rings (SSSR count). The molecule has 0 saturated heterocycles. The summed E-state index contributed by atoms with van der Waals surface area (Å²) in [5, 5.41) is 9.05. The van der Waals surface area contributed by atoms with Gasteiger partial charge >= 0.3 is 0 Å². The number of halogens is 1. The second-order valence-electron chi connectivity index (χ2n) is 7.81. The highest BCUT2D eigenvalue weighted by atomic mass is 35.5. The van der Waals surface area contributed by atoms with Crippen molar-refractivity contribution in [2.75, 3.05) is 5.32 Å². The zero-order chi connectivity index (χ0) is 23.5. The van der Waals surface area contributed by atoms with Gasteiger partial charge in [0.1, 0.15) is 12.4 Å². The number of hydrogen-bond acceptors (Lipinski definition) is 4. The fourth-order valence-corrected chi connectivity index (χ4v) is 3.74. The molecule has 2 aromatic heterocycles. The molecule has 0 saturated carbocycles. The molecule has 2 heterocycles. The number of fused-ring (bicyclic) bond motifs is 1. The topological polar surface area (TPSA) is 69.0 Å². The molecule has 0 aliphatic heterocycles. The third-order valence-electron chi connectivity index (χ3n) is 5.49. The van der Waals surface area contributed by atoms with Crippen molar-refractivity contribution in [2.24, 2.45) is 0 Å². The lowest BCUT2D eigenvalue weighted by molar-refractivity contribution is 0.102. The molecule has 0 bridgehead atoms. The predicted molar refractivity (Wildman–Crippen MR) is 134 cm³/mol. The highest BCUT2D eigenvalue weighted by molar-refractivity contribution is 6.30.